The first-order valence-corrected chi connectivity index (χ1v) is 7.16. The van der Waals surface area contributed by atoms with E-state index in [4.69, 9.17) is 10.00 Å². The summed E-state index contributed by atoms with van der Waals surface area (Å²) in [5.41, 5.74) is 4.23. The Morgan fingerprint density at radius 1 is 1.30 bits per heavy atom. The van der Waals surface area contributed by atoms with Gasteiger partial charge in [0.15, 0.2) is 5.70 Å². The highest BCUT2D eigenvalue weighted by molar-refractivity contribution is 6.13. The third-order valence-electron chi connectivity index (χ3n) is 3.98. The Hall–Kier alpha value is -3.13. The molecule has 0 unspecified atom stereocenters. The van der Waals surface area contributed by atoms with E-state index in [2.05, 4.69) is 11.1 Å². The number of hydrogen-bond donors (Lipinski definition) is 0. The monoisotopic (exact) mass is 305 g/mol. The van der Waals surface area contributed by atoms with Crippen molar-refractivity contribution in [2.24, 2.45) is 12.0 Å². The minimum absolute atomic E-state index is 0.237. The van der Waals surface area contributed by atoms with Gasteiger partial charge < -0.3 is 9.30 Å². The van der Waals surface area contributed by atoms with E-state index in [0.717, 1.165) is 22.4 Å². The fourth-order valence-electron chi connectivity index (χ4n) is 2.46. The zero-order valence-corrected chi connectivity index (χ0v) is 13.1. The lowest BCUT2D eigenvalue weighted by Gasteiger charge is -2.02. The first-order chi connectivity index (χ1) is 11.0. The number of nitrogens with zero attached hydrogens (tertiary/aromatic N) is 3. The van der Waals surface area contributed by atoms with Gasteiger partial charge in [0, 0.05) is 18.3 Å². The Morgan fingerprint density at radius 2 is 2.04 bits per heavy atom. The number of esters is 1. The SMILES string of the molecule is Cc1ccccc1C1=N/C(=C/c2cc(C#N)n(C)c2C)C(=O)O1. The molecular formula is C18H15N3O2. The number of ether oxygens (including phenoxy) is 1. The third-order valence-corrected chi connectivity index (χ3v) is 3.98. The van der Waals surface area contributed by atoms with Crippen molar-refractivity contribution in [1.82, 2.24) is 4.57 Å². The van der Waals surface area contributed by atoms with E-state index in [1.54, 1.807) is 16.7 Å². The molecule has 1 aromatic heterocycles. The molecule has 0 saturated carbocycles. The van der Waals surface area contributed by atoms with Gasteiger partial charge in [0.1, 0.15) is 11.8 Å². The molecule has 2 aromatic rings. The smallest absolute Gasteiger partial charge is 0.363 e. The van der Waals surface area contributed by atoms with E-state index in [1.807, 2.05) is 45.2 Å². The zero-order valence-electron chi connectivity index (χ0n) is 13.1. The summed E-state index contributed by atoms with van der Waals surface area (Å²) in [6.07, 6.45) is 1.66. The van der Waals surface area contributed by atoms with Crippen molar-refractivity contribution < 1.29 is 9.53 Å². The van der Waals surface area contributed by atoms with Crippen molar-refractivity contribution >= 4 is 17.9 Å². The Morgan fingerprint density at radius 3 is 2.70 bits per heavy atom. The highest BCUT2D eigenvalue weighted by atomic mass is 16.6. The van der Waals surface area contributed by atoms with Crippen molar-refractivity contribution in [3.8, 4) is 6.07 Å². The van der Waals surface area contributed by atoms with E-state index in [0.29, 0.717) is 11.6 Å². The van der Waals surface area contributed by atoms with Crippen LogP contribution in [-0.2, 0) is 16.6 Å². The zero-order chi connectivity index (χ0) is 16.6. The average Bonchev–Trinajstić information content (AvgIpc) is 3.03. The molecule has 2 heterocycles. The maximum atomic E-state index is 12.1. The number of hydrogen-bond acceptors (Lipinski definition) is 4. The molecule has 0 radical (unpaired) electrons. The van der Waals surface area contributed by atoms with Gasteiger partial charge in [-0.1, -0.05) is 18.2 Å². The first-order valence-electron chi connectivity index (χ1n) is 7.16. The summed E-state index contributed by atoms with van der Waals surface area (Å²) < 4.78 is 7.06. The summed E-state index contributed by atoms with van der Waals surface area (Å²) in [4.78, 5) is 16.4. The van der Waals surface area contributed by atoms with E-state index < -0.39 is 5.97 Å². The molecule has 0 N–H and O–H groups in total. The number of carbonyl (C=O) groups is 1. The van der Waals surface area contributed by atoms with E-state index in [9.17, 15) is 4.79 Å². The van der Waals surface area contributed by atoms with Crippen LogP contribution in [0.15, 0.2) is 41.0 Å². The van der Waals surface area contributed by atoms with Crippen LogP contribution in [0.1, 0.15) is 28.1 Å². The topological polar surface area (TPSA) is 67.4 Å². The molecule has 3 rings (SSSR count). The van der Waals surface area contributed by atoms with Crippen LogP contribution in [0, 0.1) is 25.2 Å². The van der Waals surface area contributed by atoms with Crippen molar-refractivity contribution in [3.05, 3.63) is 64.1 Å². The van der Waals surface area contributed by atoms with Gasteiger partial charge in [-0.2, -0.15) is 5.26 Å². The molecule has 23 heavy (non-hydrogen) atoms. The summed E-state index contributed by atoms with van der Waals surface area (Å²) in [5.74, 6) is -0.168. The quantitative estimate of drug-likeness (QED) is 0.633. The largest absolute Gasteiger partial charge is 0.402 e. The summed E-state index contributed by atoms with van der Waals surface area (Å²) in [6, 6.07) is 11.5. The summed E-state index contributed by atoms with van der Waals surface area (Å²) in [7, 11) is 1.81. The number of benzene rings is 1. The van der Waals surface area contributed by atoms with E-state index in [1.165, 1.54) is 0 Å². The number of aryl methyl sites for hydroxylation is 1. The van der Waals surface area contributed by atoms with Gasteiger partial charge in [0.05, 0.1) is 0 Å². The molecule has 1 aliphatic heterocycles. The lowest BCUT2D eigenvalue weighted by atomic mass is 10.1. The predicted molar refractivity (Wildman–Crippen MR) is 86.7 cm³/mol. The fraction of sp³-hybridized carbons (Fsp3) is 0.167. The van der Waals surface area contributed by atoms with Crippen LogP contribution in [0.3, 0.4) is 0 Å². The number of rotatable bonds is 2. The molecule has 5 heteroatoms. The van der Waals surface area contributed by atoms with Crippen LogP contribution in [0.2, 0.25) is 0 Å². The number of cyclic esters (lactones) is 1. The number of aliphatic imine (C=N–C) groups is 1. The molecule has 0 aliphatic carbocycles. The molecule has 1 aliphatic rings. The van der Waals surface area contributed by atoms with Crippen LogP contribution in [-0.4, -0.2) is 16.4 Å². The third kappa shape index (κ3) is 2.55. The predicted octanol–water partition coefficient (Wildman–Crippen LogP) is 2.86. The van der Waals surface area contributed by atoms with Gasteiger partial charge >= 0.3 is 5.97 Å². The van der Waals surface area contributed by atoms with Gasteiger partial charge in [-0.3, -0.25) is 0 Å². The number of carbonyl (C=O) groups excluding carboxylic acids is 1. The van der Waals surface area contributed by atoms with Crippen LogP contribution >= 0.6 is 0 Å². The lowest BCUT2D eigenvalue weighted by Crippen LogP contribution is -2.06. The maximum Gasteiger partial charge on any atom is 0.363 e. The molecule has 0 fully saturated rings. The van der Waals surface area contributed by atoms with E-state index in [-0.39, 0.29) is 5.70 Å². The molecule has 0 amide bonds. The van der Waals surface area contributed by atoms with Crippen LogP contribution < -0.4 is 0 Å². The van der Waals surface area contributed by atoms with E-state index >= 15 is 0 Å². The molecule has 1 aromatic carbocycles. The van der Waals surface area contributed by atoms with Crippen molar-refractivity contribution in [1.29, 1.82) is 5.26 Å². The highest BCUT2D eigenvalue weighted by Crippen LogP contribution is 2.23. The second-order valence-corrected chi connectivity index (χ2v) is 5.39. The molecule has 0 saturated heterocycles. The van der Waals surface area contributed by atoms with Gasteiger partial charge in [-0.15, -0.1) is 0 Å². The second-order valence-electron chi connectivity index (χ2n) is 5.39. The van der Waals surface area contributed by atoms with Gasteiger partial charge in [0.25, 0.3) is 0 Å². The van der Waals surface area contributed by atoms with Crippen molar-refractivity contribution in [3.63, 3.8) is 0 Å². The summed E-state index contributed by atoms with van der Waals surface area (Å²) >= 11 is 0. The Bertz CT molecular complexity index is 911. The Kier molecular flexibility index (Phi) is 3.59. The molecule has 5 nitrogen and oxygen atoms in total. The molecule has 114 valence electrons. The standard InChI is InChI=1S/C18H15N3O2/c1-11-6-4-5-7-15(11)17-20-16(18(22)23-17)9-13-8-14(10-19)21(3)12(13)2/h4-9H,1-3H3/b16-9+. The Balaban J connectivity index is 2.03. The number of nitriles is 1. The highest BCUT2D eigenvalue weighted by Gasteiger charge is 2.25. The number of aromatic nitrogens is 1. The van der Waals surface area contributed by atoms with Crippen molar-refractivity contribution in [2.45, 2.75) is 13.8 Å². The molecule has 0 bridgehead atoms. The van der Waals surface area contributed by atoms with Gasteiger partial charge in [-0.05, 0) is 43.2 Å². The normalized spacial score (nSPS) is 15.5. The van der Waals surface area contributed by atoms with Gasteiger partial charge in [-0.25, -0.2) is 9.79 Å². The Labute approximate surface area is 134 Å². The molecule has 0 spiro atoms. The minimum atomic E-state index is -0.481. The second kappa shape index (κ2) is 5.58. The van der Waals surface area contributed by atoms with Crippen LogP contribution in [0.25, 0.3) is 6.08 Å². The van der Waals surface area contributed by atoms with Crippen molar-refractivity contribution in [2.75, 3.05) is 0 Å². The van der Waals surface area contributed by atoms with Gasteiger partial charge in [0.2, 0.25) is 5.90 Å². The lowest BCUT2D eigenvalue weighted by molar-refractivity contribution is -0.129. The first kappa shape index (κ1) is 14.8. The minimum Gasteiger partial charge on any atom is -0.402 e. The molecule has 0 atom stereocenters. The molecular weight excluding hydrogens is 290 g/mol. The summed E-state index contributed by atoms with van der Waals surface area (Å²) in [6.45, 7) is 3.83. The maximum absolute atomic E-state index is 12.1. The van der Waals surface area contributed by atoms with Crippen LogP contribution in [0.5, 0.6) is 0 Å². The fourth-order valence-corrected chi connectivity index (χ4v) is 2.46. The summed E-state index contributed by atoms with van der Waals surface area (Å²) in [5, 5.41) is 9.08. The van der Waals surface area contributed by atoms with Crippen LogP contribution in [0.4, 0.5) is 0 Å². The average molecular weight is 305 g/mol.